The van der Waals surface area contributed by atoms with E-state index in [2.05, 4.69) is 10.5 Å². The Morgan fingerprint density at radius 1 is 1.58 bits per heavy atom. The quantitative estimate of drug-likeness (QED) is 0.321. The maximum Gasteiger partial charge on any atom is 0.225 e. The summed E-state index contributed by atoms with van der Waals surface area (Å²) in [6, 6.07) is 5.43. The van der Waals surface area contributed by atoms with Crippen LogP contribution in [0.25, 0.3) is 0 Å². The zero-order valence-electron chi connectivity index (χ0n) is 10.3. The van der Waals surface area contributed by atoms with Crippen molar-refractivity contribution in [3.8, 4) is 0 Å². The molecule has 1 aromatic carbocycles. The maximum absolute atomic E-state index is 13.0. The van der Waals surface area contributed by atoms with Crippen LogP contribution in [0.1, 0.15) is 18.4 Å². The fourth-order valence-electron chi connectivity index (χ4n) is 1.98. The Bertz CT molecular complexity index is 500. The van der Waals surface area contributed by atoms with E-state index in [1.54, 1.807) is 12.1 Å². The first-order valence-corrected chi connectivity index (χ1v) is 6.11. The van der Waals surface area contributed by atoms with Crippen LogP contribution in [0.4, 0.5) is 4.39 Å². The summed E-state index contributed by atoms with van der Waals surface area (Å²) in [6.45, 7) is 0. The minimum Gasteiger partial charge on any atom is -0.409 e. The molecular formula is C13H16FN3O2. The van der Waals surface area contributed by atoms with Crippen LogP contribution >= 0.6 is 0 Å². The topological polar surface area (TPSA) is 87.7 Å². The molecule has 5 nitrogen and oxygen atoms in total. The number of amidine groups is 1. The largest absolute Gasteiger partial charge is 0.409 e. The number of oxime groups is 1. The number of carbonyl (C=O) groups excluding carboxylic acids is 1. The van der Waals surface area contributed by atoms with Crippen molar-refractivity contribution in [3.63, 3.8) is 0 Å². The summed E-state index contributed by atoms with van der Waals surface area (Å²) in [5.74, 6) is -0.406. The van der Waals surface area contributed by atoms with Crippen LogP contribution in [0.5, 0.6) is 0 Å². The van der Waals surface area contributed by atoms with Crippen molar-refractivity contribution < 1.29 is 14.4 Å². The van der Waals surface area contributed by atoms with Gasteiger partial charge in [-0.05, 0) is 36.5 Å². The fraction of sp³-hybridized carbons (Fsp3) is 0.385. The lowest BCUT2D eigenvalue weighted by Gasteiger charge is -2.16. The van der Waals surface area contributed by atoms with Crippen molar-refractivity contribution in [1.29, 1.82) is 0 Å². The highest BCUT2D eigenvalue weighted by molar-refractivity contribution is 5.91. The number of carbonyl (C=O) groups is 1. The summed E-state index contributed by atoms with van der Waals surface area (Å²) in [4.78, 5) is 11.9. The van der Waals surface area contributed by atoms with E-state index in [0.29, 0.717) is 5.56 Å². The first kappa shape index (κ1) is 13.3. The number of nitrogens with two attached hydrogens (primary N) is 1. The average molecular weight is 265 g/mol. The van der Waals surface area contributed by atoms with Crippen LogP contribution in [0.2, 0.25) is 0 Å². The summed E-state index contributed by atoms with van der Waals surface area (Å²) < 4.78 is 13.0. The number of nitrogens with zero attached hydrogens (tertiary/aromatic N) is 1. The minimum absolute atomic E-state index is 0.00934. The molecule has 0 saturated heterocycles. The molecule has 1 aromatic rings. The van der Waals surface area contributed by atoms with E-state index in [-0.39, 0.29) is 29.9 Å². The summed E-state index contributed by atoms with van der Waals surface area (Å²) >= 11 is 0. The van der Waals surface area contributed by atoms with Gasteiger partial charge in [-0.15, -0.1) is 0 Å². The second kappa shape index (κ2) is 5.69. The van der Waals surface area contributed by atoms with Gasteiger partial charge in [0, 0.05) is 0 Å². The molecule has 1 unspecified atom stereocenters. The van der Waals surface area contributed by atoms with Crippen molar-refractivity contribution >= 4 is 11.7 Å². The summed E-state index contributed by atoms with van der Waals surface area (Å²) in [5.41, 5.74) is 6.14. The molecule has 1 aliphatic rings. The third-order valence-corrected chi connectivity index (χ3v) is 3.10. The van der Waals surface area contributed by atoms with Gasteiger partial charge >= 0.3 is 0 Å². The molecule has 102 valence electrons. The van der Waals surface area contributed by atoms with Crippen LogP contribution in [0.3, 0.4) is 0 Å². The molecule has 0 aliphatic heterocycles. The lowest BCUT2D eigenvalue weighted by Crippen LogP contribution is -2.46. The first-order chi connectivity index (χ1) is 9.10. The molecule has 19 heavy (non-hydrogen) atoms. The Hall–Kier alpha value is -2.11. The van der Waals surface area contributed by atoms with E-state index in [1.807, 2.05) is 0 Å². The van der Waals surface area contributed by atoms with E-state index < -0.39 is 6.04 Å². The van der Waals surface area contributed by atoms with Crippen molar-refractivity contribution in [2.24, 2.45) is 16.8 Å². The summed E-state index contributed by atoms with van der Waals surface area (Å²) in [5, 5.41) is 14.3. The molecular weight excluding hydrogens is 249 g/mol. The number of halogens is 1. The van der Waals surface area contributed by atoms with Gasteiger partial charge in [-0.3, -0.25) is 4.79 Å². The predicted molar refractivity (Wildman–Crippen MR) is 68.2 cm³/mol. The second-order valence-corrected chi connectivity index (χ2v) is 4.71. The lowest BCUT2D eigenvalue weighted by molar-refractivity contribution is -0.120. The standard InChI is InChI=1S/C13H16FN3O2/c14-10-3-1-2-8(6-10)7-11(18)16-12(9-4-5-9)13(15)17-19/h1-3,6,9,12,19H,4-5,7H2,(H2,15,17)(H,16,18). The van der Waals surface area contributed by atoms with Gasteiger partial charge < -0.3 is 16.3 Å². The maximum atomic E-state index is 13.0. The van der Waals surface area contributed by atoms with E-state index >= 15 is 0 Å². The third kappa shape index (κ3) is 3.67. The summed E-state index contributed by atoms with van der Waals surface area (Å²) in [7, 11) is 0. The molecule has 4 N–H and O–H groups in total. The van der Waals surface area contributed by atoms with Gasteiger partial charge in [0.15, 0.2) is 5.84 Å². The Morgan fingerprint density at radius 3 is 2.89 bits per heavy atom. The van der Waals surface area contributed by atoms with Crippen molar-refractivity contribution in [1.82, 2.24) is 5.32 Å². The van der Waals surface area contributed by atoms with Crippen molar-refractivity contribution in [3.05, 3.63) is 35.6 Å². The molecule has 1 fully saturated rings. The first-order valence-electron chi connectivity index (χ1n) is 6.11. The minimum atomic E-state index is -0.439. The van der Waals surface area contributed by atoms with Gasteiger partial charge in [0.25, 0.3) is 0 Å². The molecule has 6 heteroatoms. The van der Waals surface area contributed by atoms with E-state index in [9.17, 15) is 9.18 Å². The summed E-state index contributed by atoms with van der Waals surface area (Å²) in [6.07, 6.45) is 1.96. The Balaban J connectivity index is 1.96. The van der Waals surface area contributed by atoms with Crippen molar-refractivity contribution in [2.45, 2.75) is 25.3 Å². The Kier molecular flexibility index (Phi) is 3.99. The number of benzene rings is 1. The molecule has 0 spiro atoms. The van der Waals surface area contributed by atoms with Crippen LogP contribution in [0.15, 0.2) is 29.4 Å². The van der Waals surface area contributed by atoms with Gasteiger partial charge in [-0.1, -0.05) is 17.3 Å². The normalized spacial score (nSPS) is 17.0. The SMILES string of the molecule is NC(=NO)C(NC(=O)Cc1cccc(F)c1)C1CC1. The molecule has 0 bridgehead atoms. The zero-order chi connectivity index (χ0) is 13.8. The van der Waals surface area contributed by atoms with Crippen LogP contribution in [0, 0.1) is 11.7 Å². The van der Waals surface area contributed by atoms with Gasteiger partial charge in [0.2, 0.25) is 5.91 Å². The molecule has 1 saturated carbocycles. The van der Waals surface area contributed by atoms with E-state index in [1.165, 1.54) is 12.1 Å². The lowest BCUT2D eigenvalue weighted by atomic mass is 10.1. The van der Waals surface area contributed by atoms with Crippen LogP contribution in [-0.4, -0.2) is 23.0 Å². The molecule has 1 amide bonds. The number of nitrogens with one attached hydrogen (secondary N) is 1. The van der Waals surface area contributed by atoms with Gasteiger partial charge in [0.05, 0.1) is 12.5 Å². The highest BCUT2D eigenvalue weighted by Gasteiger charge is 2.35. The predicted octanol–water partition coefficient (Wildman–Crippen LogP) is 1.01. The van der Waals surface area contributed by atoms with Crippen LogP contribution < -0.4 is 11.1 Å². The van der Waals surface area contributed by atoms with Crippen LogP contribution in [-0.2, 0) is 11.2 Å². The van der Waals surface area contributed by atoms with Crippen molar-refractivity contribution in [2.75, 3.05) is 0 Å². The zero-order valence-corrected chi connectivity index (χ0v) is 10.3. The molecule has 0 aromatic heterocycles. The fourth-order valence-corrected chi connectivity index (χ4v) is 1.98. The second-order valence-electron chi connectivity index (χ2n) is 4.71. The molecule has 1 atom stereocenters. The third-order valence-electron chi connectivity index (χ3n) is 3.10. The highest BCUT2D eigenvalue weighted by Crippen LogP contribution is 2.32. The molecule has 0 radical (unpaired) electrons. The Labute approximate surface area is 110 Å². The number of hydrogen-bond acceptors (Lipinski definition) is 3. The van der Waals surface area contributed by atoms with Gasteiger partial charge in [0.1, 0.15) is 5.82 Å². The molecule has 1 aliphatic carbocycles. The van der Waals surface area contributed by atoms with Gasteiger partial charge in [-0.25, -0.2) is 4.39 Å². The monoisotopic (exact) mass is 265 g/mol. The number of amides is 1. The Morgan fingerprint density at radius 2 is 2.32 bits per heavy atom. The van der Waals surface area contributed by atoms with Gasteiger partial charge in [-0.2, -0.15) is 0 Å². The average Bonchev–Trinajstić information content (AvgIpc) is 3.19. The smallest absolute Gasteiger partial charge is 0.225 e. The highest BCUT2D eigenvalue weighted by atomic mass is 19.1. The van der Waals surface area contributed by atoms with E-state index in [4.69, 9.17) is 10.9 Å². The molecule has 0 heterocycles. The number of rotatable bonds is 5. The molecule has 2 rings (SSSR count). The number of hydrogen-bond donors (Lipinski definition) is 3. The van der Waals surface area contributed by atoms with E-state index in [0.717, 1.165) is 12.8 Å².